The van der Waals surface area contributed by atoms with Crippen LogP contribution < -0.4 is 4.74 Å². The van der Waals surface area contributed by atoms with Crippen LogP contribution in [0.4, 0.5) is 0 Å². The topological polar surface area (TPSA) is 54.8 Å². The van der Waals surface area contributed by atoms with Crippen LogP contribution >= 0.6 is 11.3 Å². The molecule has 7 heteroatoms. The zero-order valence-corrected chi connectivity index (χ0v) is 22.3. The van der Waals surface area contributed by atoms with Crippen LogP contribution in [0.5, 0.6) is 5.75 Å². The molecule has 1 aliphatic heterocycles. The third-order valence-electron chi connectivity index (χ3n) is 6.98. The Balaban J connectivity index is 1.40. The summed E-state index contributed by atoms with van der Waals surface area (Å²) in [6, 6.07) is 22.2. The fourth-order valence-corrected chi connectivity index (χ4v) is 5.52. The molecule has 0 saturated carbocycles. The van der Waals surface area contributed by atoms with Gasteiger partial charge in [-0.1, -0.05) is 23.8 Å². The third-order valence-corrected chi connectivity index (χ3v) is 7.86. The summed E-state index contributed by atoms with van der Waals surface area (Å²) in [4.78, 5) is 31.3. The van der Waals surface area contributed by atoms with Crippen LogP contribution in [-0.4, -0.2) is 59.5 Å². The molecule has 0 bridgehead atoms. The molecule has 0 atom stereocenters. The van der Waals surface area contributed by atoms with Crippen molar-refractivity contribution in [3.8, 4) is 22.7 Å². The minimum Gasteiger partial charge on any atom is -0.497 e. The number of carbonyl (C=O) groups is 2. The molecule has 1 aliphatic rings. The van der Waals surface area contributed by atoms with Gasteiger partial charge in [0.25, 0.3) is 5.91 Å². The number of rotatable bonds is 6. The van der Waals surface area contributed by atoms with E-state index in [1.807, 2.05) is 64.6 Å². The fourth-order valence-electron chi connectivity index (χ4n) is 4.83. The maximum absolute atomic E-state index is 13.7. The number of thiophene rings is 1. The number of carbonyl (C=O) groups excluding carboxylic acids is 2. The van der Waals surface area contributed by atoms with Crippen molar-refractivity contribution < 1.29 is 14.3 Å². The summed E-state index contributed by atoms with van der Waals surface area (Å²) in [5, 5.41) is 1.99. The average Bonchev–Trinajstić information content (AvgIpc) is 3.56. The van der Waals surface area contributed by atoms with E-state index in [0.29, 0.717) is 38.2 Å². The smallest absolute Gasteiger partial charge is 0.255 e. The van der Waals surface area contributed by atoms with E-state index in [4.69, 9.17) is 4.74 Å². The Labute approximate surface area is 221 Å². The van der Waals surface area contributed by atoms with Gasteiger partial charge >= 0.3 is 0 Å². The second kappa shape index (κ2) is 10.6. The van der Waals surface area contributed by atoms with Crippen LogP contribution in [0.2, 0.25) is 0 Å². The van der Waals surface area contributed by atoms with Gasteiger partial charge in [-0.25, -0.2) is 0 Å². The molecule has 0 aliphatic carbocycles. The number of nitrogens with zero attached hydrogens (tertiary/aromatic N) is 3. The SMILES string of the molecule is COc1ccc(-c2cc(C(=O)N3CCN(C(=O)Cc4cccs4)CC3)c(C)n2-c2ccc(C)cc2)cc1. The summed E-state index contributed by atoms with van der Waals surface area (Å²) >= 11 is 1.60. The number of hydrogen-bond acceptors (Lipinski definition) is 4. The van der Waals surface area contributed by atoms with Crippen molar-refractivity contribution in [3.05, 3.63) is 93.8 Å². The van der Waals surface area contributed by atoms with Crippen LogP contribution in [0, 0.1) is 13.8 Å². The van der Waals surface area contributed by atoms with Gasteiger partial charge in [0.1, 0.15) is 5.75 Å². The maximum Gasteiger partial charge on any atom is 0.255 e. The van der Waals surface area contributed by atoms with Crippen molar-refractivity contribution in [2.45, 2.75) is 20.3 Å². The maximum atomic E-state index is 13.7. The van der Waals surface area contributed by atoms with Crippen LogP contribution in [-0.2, 0) is 11.2 Å². The lowest BCUT2D eigenvalue weighted by Crippen LogP contribution is -2.51. The quantitative estimate of drug-likeness (QED) is 0.349. The number of benzene rings is 2. The number of methoxy groups -OCH3 is 1. The van der Waals surface area contributed by atoms with E-state index < -0.39 is 0 Å². The van der Waals surface area contributed by atoms with Crippen molar-refractivity contribution >= 4 is 23.2 Å². The third kappa shape index (κ3) is 5.18. The first-order valence-corrected chi connectivity index (χ1v) is 13.4. The molecule has 0 N–H and O–H groups in total. The minimum atomic E-state index is 0.00322. The number of aryl methyl sites for hydroxylation is 1. The molecule has 2 amide bonds. The zero-order chi connectivity index (χ0) is 25.9. The molecule has 3 heterocycles. The highest BCUT2D eigenvalue weighted by Gasteiger charge is 2.28. The van der Waals surface area contributed by atoms with Gasteiger partial charge in [0, 0.05) is 42.4 Å². The Bertz CT molecular complexity index is 1380. The Morgan fingerprint density at radius 3 is 2.19 bits per heavy atom. The second-order valence-corrected chi connectivity index (χ2v) is 10.4. The highest BCUT2D eigenvalue weighted by Crippen LogP contribution is 2.31. The van der Waals surface area contributed by atoms with E-state index in [0.717, 1.165) is 33.3 Å². The molecular weight excluding hydrogens is 482 g/mol. The van der Waals surface area contributed by atoms with Gasteiger partial charge in [0.05, 0.1) is 24.8 Å². The van der Waals surface area contributed by atoms with Crippen LogP contribution in [0.1, 0.15) is 26.5 Å². The number of piperazine rings is 1. The van der Waals surface area contributed by atoms with Gasteiger partial charge in [0.15, 0.2) is 0 Å². The molecule has 37 heavy (non-hydrogen) atoms. The Morgan fingerprint density at radius 2 is 1.57 bits per heavy atom. The molecule has 0 unspecified atom stereocenters. The normalized spacial score (nSPS) is 13.6. The summed E-state index contributed by atoms with van der Waals surface area (Å²) in [7, 11) is 1.65. The predicted octanol–water partition coefficient (Wildman–Crippen LogP) is 5.36. The molecule has 1 fully saturated rings. The van der Waals surface area contributed by atoms with Crippen LogP contribution in [0.3, 0.4) is 0 Å². The summed E-state index contributed by atoms with van der Waals surface area (Å²) in [5.74, 6) is 0.915. The monoisotopic (exact) mass is 513 g/mol. The van der Waals surface area contributed by atoms with Crippen molar-refractivity contribution in [1.82, 2.24) is 14.4 Å². The standard InChI is InChI=1S/C30H31N3O3S/c1-21-6-10-24(11-7-21)33-22(2)27(20-28(33)23-8-12-25(36-3)13-9-23)30(35)32-16-14-31(15-17-32)29(34)19-26-5-4-18-37-26/h4-13,18,20H,14-17,19H2,1-3H3. The van der Waals surface area contributed by atoms with E-state index in [1.54, 1.807) is 18.4 Å². The lowest BCUT2D eigenvalue weighted by Gasteiger charge is -2.34. The predicted molar refractivity (Wildman–Crippen MR) is 148 cm³/mol. The number of aromatic nitrogens is 1. The largest absolute Gasteiger partial charge is 0.497 e. The molecule has 0 spiro atoms. The van der Waals surface area contributed by atoms with E-state index in [-0.39, 0.29) is 11.8 Å². The molecule has 2 aromatic carbocycles. The fraction of sp³-hybridized carbons (Fsp3) is 0.267. The molecular formula is C30H31N3O3S. The van der Waals surface area contributed by atoms with Gasteiger partial charge in [-0.2, -0.15) is 0 Å². The highest BCUT2D eigenvalue weighted by atomic mass is 32.1. The first-order valence-electron chi connectivity index (χ1n) is 12.5. The molecule has 2 aromatic heterocycles. The Hall–Kier alpha value is -3.84. The van der Waals surface area contributed by atoms with E-state index in [2.05, 4.69) is 35.8 Å². The number of hydrogen-bond donors (Lipinski definition) is 0. The van der Waals surface area contributed by atoms with Gasteiger partial charge in [-0.3, -0.25) is 9.59 Å². The van der Waals surface area contributed by atoms with Crippen molar-refractivity contribution in [3.63, 3.8) is 0 Å². The first-order chi connectivity index (χ1) is 17.9. The first kappa shape index (κ1) is 24.8. The molecule has 190 valence electrons. The van der Waals surface area contributed by atoms with Gasteiger partial charge in [-0.05, 0) is 73.3 Å². The summed E-state index contributed by atoms with van der Waals surface area (Å²) < 4.78 is 7.49. The lowest BCUT2D eigenvalue weighted by molar-refractivity contribution is -0.131. The van der Waals surface area contributed by atoms with Gasteiger partial charge in [0.2, 0.25) is 5.91 Å². The molecule has 0 radical (unpaired) electrons. The van der Waals surface area contributed by atoms with E-state index >= 15 is 0 Å². The van der Waals surface area contributed by atoms with Crippen molar-refractivity contribution in [2.24, 2.45) is 0 Å². The average molecular weight is 514 g/mol. The summed E-state index contributed by atoms with van der Waals surface area (Å²) in [6.45, 7) is 6.24. The Morgan fingerprint density at radius 1 is 0.892 bits per heavy atom. The zero-order valence-electron chi connectivity index (χ0n) is 21.4. The second-order valence-electron chi connectivity index (χ2n) is 9.36. The Kier molecular flexibility index (Phi) is 7.15. The van der Waals surface area contributed by atoms with E-state index in [1.165, 1.54) is 5.56 Å². The van der Waals surface area contributed by atoms with Crippen LogP contribution in [0.25, 0.3) is 16.9 Å². The minimum absolute atomic E-state index is 0.00322. The molecule has 6 nitrogen and oxygen atoms in total. The lowest BCUT2D eigenvalue weighted by atomic mass is 10.1. The molecule has 1 saturated heterocycles. The number of ether oxygens (including phenoxy) is 1. The summed E-state index contributed by atoms with van der Waals surface area (Å²) in [6.07, 6.45) is 0.426. The number of amides is 2. The summed E-state index contributed by atoms with van der Waals surface area (Å²) in [5.41, 5.74) is 5.74. The van der Waals surface area contributed by atoms with Crippen molar-refractivity contribution in [2.75, 3.05) is 33.3 Å². The van der Waals surface area contributed by atoms with Gasteiger partial charge in [-0.15, -0.1) is 11.3 Å². The van der Waals surface area contributed by atoms with Crippen LogP contribution in [0.15, 0.2) is 72.1 Å². The highest BCUT2D eigenvalue weighted by molar-refractivity contribution is 7.10. The molecule has 5 rings (SSSR count). The molecule has 4 aromatic rings. The van der Waals surface area contributed by atoms with Gasteiger partial charge < -0.3 is 19.1 Å². The van der Waals surface area contributed by atoms with Crippen molar-refractivity contribution in [1.29, 1.82) is 0 Å². The van der Waals surface area contributed by atoms with E-state index in [9.17, 15) is 9.59 Å².